The number of aliphatic hydroxyl groups is 2. The van der Waals surface area contributed by atoms with Gasteiger partial charge in [-0.25, -0.2) is 19.6 Å². The summed E-state index contributed by atoms with van der Waals surface area (Å²) in [4.78, 5) is 31.9. The van der Waals surface area contributed by atoms with Gasteiger partial charge in [-0.2, -0.15) is 0 Å². The van der Waals surface area contributed by atoms with Crippen molar-refractivity contribution in [2.24, 2.45) is 0 Å². The molecule has 0 radical (unpaired) electrons. The number of carbonyl (C=O) groups is 2. The van der Waals surface area contributed by atoms with Gasteiger partial charge in [0.2, 0.25) is 0 Å². The number of pyridine rings is 2. The molecule has 2 unspecified atom stereocenters. The topological polar surface area (TPSA) is 143 Å². The maximum absolute atomic E-state index is 11.8. The van der Waals surface area contributed by atoms with Crippen LogP contribution in [0.3, 0.4) is 0 Å². The molecule has 2 rings (SSSR count). The van der Waals surface area contributed by atoms with Gasteiger partial charge in [0.25, 0.3) is 0 Å². The number of halogens is 2. The van der Waals surface area contributed by atoms with Crippen LogP contribution < -0.4 is 10.6 Å². The van der Waals surface area contributed by atoms with Gasteiger partial charge < -0.3 is 30.3 Å². The summed E-state index contributed by atoms with van der Waals surface area (Å²) in [6.45, 7) is 13.4. The van der Waals surface area contributed by atoms with E-state index in [9.17, 15) is 19.8 Å². The fourth-order valence-electron chi connectivity index (χ4n) is 2.86. The molecule has 0 aliphatic rings. The molecule has 212 valence electrons. The van der Waals surface area contributed by atoms with E-state index in [0.717, 1.165) is 0 Å². The minimum absolute atomic E-state index is 0.282. The van der Waals surface area contributed by atoms with Gasteiger partial charge in [0, 0.05) is 0 Å². The maximum atomic E-state index is 11.8. The molecule has 38 heavy (non-hydrogen) atoms. The highest BCUT2D eigenvalue weighted by Crippen LogP contribution is 2.22. The molecule has 0 saturated heterocycles. The molecule has 0 fully saturated rings. The van der Waals surface area contributed by atoms with E-state index in [2.05, 4.69) is 36.5 Å². The molecule has 0 aliphatic heterocycles. The van der Waals surface area contributed by atoms with Gasteiger partial charge in [-0.1, -0.05) is 23.7 Å². The van der Waals surface area contributed by atoms with Gasteiger partial charge in [-0.15, -0.1) is 0 Å². The van der Waals surface area contributed by atoms with Gasteiger partial charge >= 0.3 is 12.2 Å². The number of nitrogens with zero attached hydrogens (tertiary/aromatic N) is 2. The van der Waals surface area contributed by atoms with Crippen LogP contribution >= 0.6 is 27.5 Å². The summed E-state index contributed by atoms with van der Waals surface area (Å²) >= 11 is 9.08. The van der Waals surface area contributed by atoms with Gasteiger partial charge in [0.1, 0.15) is 32.0 Å². The van der Waals surface area contributed by atoms with Gasteiger partial charge in [0.15, 0.2) is 0 Å². The predicted octanol–water partition coefficient (Wildman–Crippen LogP) is 5.04. The largest absolute Gasteiger partial charge is 0.444 e. The van der Waals surface area contributed by atoms with Crippen LogP contribution in [0.25, 0.3) is 0 Å². The average molecular weight is 618 g/mol. The monoisotopic (exact) mass is 616 g/mol. The number of amides is 2. The van der Waals surface area contributed by atoms with E-state index in [4.69, 9.17) is 21.1 Å². The maximum Gasteiger partial charge on any atom is 0.408 e. The van der Waals surface area contributed by atoms with Crippen molar-refractivity contribution in [3.63, 3.8) is 0 Å². The Morgan fingerprint density at radius 1 is 0.789 bits per heavy atom. The normalized spacial score (nSPS) is 14.6. The van der Waals surface area contributed by atoms with E-state index in [0.29, 0.717) is 21.1 Å². The van der Waals surface area contributed by atoms with Crippen LogP contribution in [0.15, 0.2) is 41.0 Å². The van der Waals surface area contributed by atoms with Crippen molar-refractivity contribution in [2.75, 3.05) is 13.2 Å². The van der Waals surface area contributed by atoms with Crippen molar-refractivity contribution in [1.29, 1.82) is 0 Å². The highest BCUT2D eigenvalue weighted by Gasteiger charge is 2.33. The summed E-state index contributed by atoms with van der Waals surface area (Å²) in [5.41, 5.74) is -2.23. The average Bonchev–Trinajstić information content (AvgIpc) is 2.76. The quantitative estimate of drug-likeness (QED) is 0.330. The Bertz CT molecular complexity index is 1010. The Hall–Kier alpha value is -2.47. The number of carbonyl (C=O) groups excluding carboxylic acids is 2. The van der Waals surface area contributed by atoms with Crippen molar-refractivity contribution >= 4 is 39.7 Å². The Labute approximate surface area is 237 Å². The fraction of sp³-hybridized carbons (Fsp3) is 0.538. The van der Waals surface area contributed by atoms with Gasteiger partial charge in [-0.05, 0) is 95.6 Å². The fourth-order valence-corrected chi connectivity index (χ4v) is 3.37. The lowest BCUT2D eigenvalue weighted by Gasteiger charge is -2.30. The van der Waals surface area contributed by atoms with Crippen LogP contribution in [0.1, 0.15) is 66.8 Å². The summed E-state index contributed by atoms with van der Waals surface area (Å²) < 4.78 is 11.0. The number of aromatic nitrogens is 2. The first kappa shape index (κ1) is 33.6. The van der Waals surface area contributed by atoms with E-state index in [1.54, 1.807) is 91.8 Å². The van der Waals surface area contributed by atoms with Crippen LogP contribution in [-0.4, -0.2) is 56.8 Å². The van der Waals surface area contributed by atoms with Crippen LogP contribution in [-0.2, 0) is 20.6 Å². The van der Waals surface area contributed by atoms with E-state index >= 15 is 0 Å². The first-order valence-electron chi connectivity index (χ1n) is 11.8. The highest BCUT2D eigenvalue weighted by molar-refractivity contribution is 9.10. The molecule has 10 nitrogen and oxygen atoms in total. The number of hydrogen-bond acceptors (Lipinski definition) is 8. The molecular formula is C26H38BrClN4O6. The third-order valence-corrected chi connectivity index (χ3v) is 5.40. The molecule has 2 aromatic rings. The zero-order chi connectivity index (χ0) is 29.4. The van der Waals surface area contributed by atoms with Crippen LogP contribution in [0.2, 0.25) is 5.15 Å². The molecule has 0 aliphatic carbocycles. The molecule has 2 heterocycles. The van der Waals surface area contributed by atoms with E-state index in [1.165, 1.54) is 0 Å². The molecule has 4 N–H and O–H groups in total. The Morgan fingerprint density at radius 3 is 1.53 bits per heavy atom. The van der Waals surface area contributed by atoms with Crippen LogP contribution in [0.4, 0.5) is 9.59 Å². The van der Waals surface area contributed by atoms with Crippen LogP contribution in [0, 0.1) is 0 Å². The Morgan fingerprint density at radius 2 is 1.18 bits per heavy atom. The van der Waals surface area contributed by atoms with Crippen molar-refractivity contribution < 1.29 is 29.3 Å². The zero-order valence-corrected chi connectivity index (χ0v) is 25.4. The lowest BCUT2D eigenvalue weighted by molar-refractivity contribution is 0.0397. The lowest BCUT2D eigenvalue weighted by Crippen LogP contribution is -2.48. The van der Waals surface area contributed by atoms with E-state index in [-0.39, 0.29) is 13.2 Å². The van der Waals surface area contributed by atoms with Crippen molar-refractivity contribution in [2.45, 2.75) is 77.7 Å². The third-order valence-electron chi connectivity index (χ3n) is 4.75. The number of nitrogens with one attached hydrogen (secondary N) is 2. The molecule has 0 saturated carbocycles. The molecular weight excluding hydrogens is 580 g/mol. The molecule has 0 bridgehead atoms. The number of hydrogen-bond donors (Lipinski definition) is 4. The molecule has 2 aromatic heterocycles. The Balaban J connectivity index is 0.000000380. The molecule has 2 atom stereocenters. The first-order valence-corrected chi connectivity index (χ1v) is 13.0. The molecule has 0 aromatic carbocycles. The molecule has 2 amide bonds. The first-order chi connectivity index (χ1) is 17.3. The second-order valence-corrected chi connectivity index (χ2v) is 12.1. The Kier molecular flexibility index (Phi) is 12.0. The smallest absolute Gasteiger partial charge is 0.408 e. The van der Waals surface area contributed by atoms with Crippen molar-refractivity contribution in [3.05, 3.63) is 57.5 Å². The van der Waals surface area contributed by atoms with Gasteiger partial charge in [-0.3, -0.25) is 0 Å². The number of rotatable bonds is 6. The molecule has 0 spiro atoms. The highest BCUT2D eigenvalue weighted by atomic mass is 79.9. The predicted molar refractivity (Wildman–Crippen MR) is 149 cm³/mol. The summed E-state index contributed by atoms with van der Waals surface area (Å²) in [5.74, 6) is 0. The van der Waals surface area contributed by atoms with Gasteiger partial charge in [0.05, 0.1) is 24.6 Å². The SMILES string of the molecule is CC(C)(C)OC(=O)NC(C)(CO)c1cccc(Br)n1.CC(C)(C)OC(=O)NC(C)(CO)c1cccc(Cl)n1. The summed E-state index contributed by atoms with van der Waals surface area (Å²) in [6.07, 6.45) is -1.21. The standard InChI is InChI=1S/C13H19BrN2O3.C13H19ClN2O3/c2*1-12(2,3)19-11(18)16-13(4,8-17)9-6-5-7-10(14)15-9/h2*5-7,17H,8H2,1-4H3,(H,16,18). The van der Waals surface area contributed by atoms with Crippen molar-refractivity contribution in [1.82, 2.24) is 20.6 Å². The second kappa shape index (κ2) is 13.5. The van der Waals surface area contributed by atoms with Crippen LogP contribution in [0.5, 0.6) is 0 Å². The summed E-state index contributed by atoms with van der Waals surface area (Å²) in [7, 11) is 0. The second-order valence-electron chi connectivity index (χ2n) is 10.9. The number of ether oxygens (including phenoxy) is 2. The number of alkyl carbamates (subject to hydrolysis) is 2. The lowest BCUT2D eigenvalue weighted by atomic mass is 9.98. The zero-order valence-electron chi connectivity index (χ0n) is 23.1. The minimum Gasteiger partial charge on any atom is -0.444 e. The summed E-state index contributed by atoms with van der Waals surface area (Å²) in [6, 6.07) is 10.3. The third kappa shape index (κ3) is 11.5. The van der Waals surface area contributed by atoms with E-state index in [1.807, 2.05) is 0 Å². The molecule has 12 heteroatoms. The number of aliphatic hydroxyl groups excluding tert-OH is 2. The van der Waals surface area contributed by atoms with E-state index < -0.39 is 34.5 Å². The van der Waals surface area contributed by atoms with Crippen molar-refractivity contribution in [3.8, 4) is 0 Å². The minimum atomic E-state index is -1.05. The summed E-state index contributed by atoms with van der Waals surface area (Å²) in [5, 5.41) is 24.6.